The van der Waals surface area contributed by atoms with Gasteiger partial charge in [0, 0.05) is 19.0 Å². The van der Waals surface area contributed by atoms with Gasteiger partial charge in [-0.2, -0.15) is 0 Å². The van der Waals surface area contributed by atoms with E-state index in [1.807, 2.05) is 0 Å². The minimum absolute atomic E-state index is 0.0142. The Morgan fingerprint density at radius 1 is 1.13 bits per heavy atom. The van der Waals surface area contributed by atoms with Gasteiger partial charge in [-0.3, -0.25) is 9.59 Å². The van der Waals surface area contributed by atoms with Crippen molar-refractivity contribution < 1.29 is 18.4 Å². The SMILES string of the molecule is O=C(Nc1ccccc1N1CCCC1=O)c1ccc(F)cc1F. The van der Waals surface area contributed by atoms with E-state index < -0.39 is 17.5 Å². The highest BCUT2D eigenvalue weighted by molar-refractivity contribution is 6.08. The molecule has 0 saturated carbocycles. The number of anilines is 2. The zero-order valence-electron chi connectivity index (χ0n) is 12.2. The summed E-state index contributed by atoms with van der Waals surface area (Å²) in [4.78, 5) is 25.7. The summed E-state index contributed by atoms with van der Waals surface area (Å²) < 4.78 is 26.6. The summed E-state index contributed by atoms with van der Waals surface area (Å²) in [5.74, 6) is -2.39. The van der Waals surface area contributed by atoms with Gasteiger partial charge in [-0.05, 0) is 30.7 Å². The van der Waals surface area contributed by atoms with Crippen LogP contribution >= 0.6 is 0 Å². The zero-order chi connectivity index (χ0) is 16.4. The number of amides is 2. The first-order chi connectivity index (χ1) is 11.1. The number of carbonyl (C=O) groups is 2. The molecule has 0 aromatic heterocycles. The van der Waals surface area contributed by atoms with Gasteiger partial charge in [-0.15, -0.1) is 0 Å². The maximum Gasteiger partial charge on any atom is 0.258 e. The lowest BCUT2D eigenvalue weighted by Crippen LogP contribution is -2.25. The van der Waals surface area contributed by atoms with Crippen LogP contribution in [0.3, 0.4) is 0 Å². The molecule has 2 amide bonds. The van der Waals surface area contributed by atoms with Crippen molar-refractivity contribution in [2.24, 2.45) is 0 Å². The number of hydrogen-bond acceptors (Lipinski definition) is 2. The maximum absolute atomic E-state index is 13.7. The summed E-state index contributed by atoms with van der Waals surface area (Å²) in [7, 11) is 0. The van der Waals surface area contributed by atoms with Crippen LogP contribution < -0.4 is 10.2 Å². The second-order valence-corrected chi connectivity index (χ2v) is 5.24. The highest BCUT2D eigenvalue weighted by Crippen LogP contribution is 2.29. The molecule has 1 N–H and O–H groups in total. The number of benzene rings is 2. The van der Waals surface area contributed by atoms with Crippen LogP contribution in [0.5, 0.6) is 0 Å². The van der Waals surface area contributed by atoms with E-state index in [0.29, 0.717) is 30.4 Å². The molecule has 1 heterocycles. The molecule has 2 aromatic rings. The molecule has 1 fully saturated rings. The van der Waals surface area contributed by atoms with Gasteiger partial charge in [0.25, 0.3) is 5.91 Å². The molecule has 0 atom stereocenters. The average Bonchev–Trinajstić information content (AvgIpc) is 2.93. The monoisotopic (exact) mass is 316 g/mol. The molecule has 0 unspecified atom stereocenters. The van der Waals surface area contributed by atoms with E-state index in [0.717, 1.165) is 18.6 Å². The van der Waals surface area contributed by atoms with Crippen LogP contribution in [0.1, 0.15) is 23.2 Å². The number of halogens is 2. The van der Waals surface area contributed by atoms with Gasteiger partial charge in [0.1, 0.15) is 11.6 Å². The minimum atomic E-state index is -0.933. The molecule has 23 heavy (non-hydrogen) atoms. The Labute approximate surface area is 131 Å². The summed E-state index contributed by atoms with van der Waals surface area (Å²) >= 11 is 0. The highest BCUT2D eigenvalue weighted by atomic mass is 19.1. The predicted molar refractivity (Wildman–Crippen MR) is 82.3 cm³/mol. The lowest BCUT2D eigenvalue weighted by atomic mass is 10.1. The summed E-state index contributed by atoms with van der Waals surface area (Å²) in [6.07, 6.45) is 1.22. The van der Waals surface area contributed by atoms with Gasteiger partial charge in [-0.1, -0.05) is 12.1 Å². The molecule has 0 aliphatic carbocycles. The van der Waals surface area contributed by atoms with Crippen molar-refractivity contribution >= 4 is 23.2 Å². The molecule has 4 nitrogen and oxygen atoms in total. The quantitative estimate of drug-likeness (QED) is 0.944. The molecule has 2 aromatic carbocycles. The van der Waals surface area contributed by atoms with Crippen molar-refractivity contribution in [3.8, 4) is 0 Å². The molecule has 6 heteroatoms. The third-order valence-corrected chi connectivity index (χ3v) is 3.69. The second kappa shape index (κ2) is 6.16. The van der Waals surface area contributed by atoms with Gasteiger partial charge in [0.15, 0.2) is 0 Å². The Balaban J connectivity index is 1.88. The number of para-hydroxylation sites is 2. The maximum atomic E-state index is 13.7. The molecular weight excluding hydrogens is 302 g/mol. The van der Waals surface area contributed by atoms with Crippen LogP contribution in [0, 0.1) is 11.6 Å². The molecule has 1 saturated heterocycles. The molecule has 1 aliphatic heterocycles. The van der Waals surface area contributed by atoms with Gasteiger partial charge in [-0.25, -0.2) is 8.78 Å². The zero-order valence-corrected chi connectivity index (χ0v) is 12.2. The third-order valence-electron chi connectivity index (χ3n) is 3.69. The number of carbonyl (C=O) groups excluding carboxylic acids is 2. The lowest BCUT2D eigenvalue weighted by molar-refractivity contribution is -0.117. The van der Waals surface area contributed by atoms with Crippen molar-refractivity contribution in [3.63, 3.8) is 0 Å². The van der Waals surface area contributed by atoms with Crippen LogP contribution in [0.4, 0.5) is 20.2 Å². The Morgan fingerprint density at radius 2 is 1.91 bits per heavy atom. The molecule has 118 valence electrons. The summed E-state index contributed by atoms with van der Waals surface area (Å²) in [6.45, 7) is 0.580. The van der Waals surface area contributed by atoms with Crippen molar-refractivity contribution in [3.05, 3.63) is 59.7 Å². The van der Waals surface area contributed by atoms with Crippen molar-refractivity contribution in [2.75, 3.05) is 16.8 Å². The minimum Gasteiger partial charge on any atom is -0.320 e. The van der Waals surface area contributed by atoms with E-state index in [2.05, 4.69) is 5.32 Å². The van der Waals surface area contributed by atoms with Gasteiger partial charge >= 0.3 is 0 Å². The lowest BCUT2D eigenvalue weighted by Gasteiger charge is -2.20. The topological polar surface area (TPSA) is 49.4 Å². The second-order valence-electron chi connectivity index (χ2n) is 5.24. The Morgan fingerprint density at radius 3 is 2.61 bits per heavy atom. The fourth-order valence-corrected chi connectivity index (χ4v) is 2.58. The predicted octanol–water partition coefficient (Wildman–Crippen LogP) is 3.34. The Bertz CT molecular complexity index is 777. The fourth-order valence-electron chi connectivity index (χ4n) is 2.58. The highest BCUT2D eigenvalue weighted by Gasteiger charge is 2.24. The number of nitrogens with zero attached hydrogens (tertiary/aromatic N) is 1. The fraction of sp³-hybridized carbons (Fsp3) is 0.176. The molecular formula is C17H14F2N2O2. The van der Waals surface area contributed by atoms with E-state index in [1.54, 1.807) is 29.2 Å². The summed E-state index contributed by atoms with van der Waals surface area (Å²) in [5.41, 5.74) is 0.733. The third kappa shape index (κ3) is 3.06. The number of rotatable bonds is 3. The van der Waals surface area contributed by atoms with Gasteiger partial charge in [0.2, 0.25) is 5.91 Å². The van der Waals surface area contributed by atoms with Crippen molar-refractivity contribution in [1.29, 1.82) is 0 Å². The standard InChI is InChI=1S/C17H14F2N2O2/c18-11-7-8-12(13(19)10-11)17(23)20-14-4-1-2-5-15(14)21-9-3-6-16(21)22/h1-2,4-5,7-8,10H,3,6,9H2,(H,20,23). The number of nitrogens with one attached hydrogen (secondary N) is 1. The van der Waals surface area contributed by atoms with Crippen LogP contribution in [0.25, 0.3) is 0 Å². The number of hydrogen-bond donors (Lipinski definition) is 1. The van der Waals surface area contributed by atoms with Gasteiger partial charge < -0.3 is 10.2 Å². The Kier molecular flexibility index (Phi) is 4.06. The Hall–Kier alpha value is -2.76. The van der Waals surface area contributed by atoms with E-state index >= 15 is 0 Å². The summed E-state index contributed by atoms with van der Waals surface area (Å²) in [5, 5.41) is 2.59. The van der Waals surface area contributed by atoms with Crippen LogP contribution in [-0.4, -0.2) is 18.4 Å². The van der Waals surface area contributed by atoms with E-state index in [9.17, 15) is 18.4 Å². The van der Waals surface area contributed by atoms with E-state index in [1.165, 1.54) is 0 Å². The van der Waals surface area contributed by atoms with Crippen LogP contribution in [0.2, 0.25) is 0 Å². The smallest absolute Gasteiger partial charge is 0.258 e. The molecule has 3 rings (SSSR count). The first-order valence-corrected chi connectivity index (χ1v) is 7.22. The average molecular weight is 316 g/mol. The molecule has 0 radical (unpaired) electrons. The first kappa shape index (κ1) is 15.1. The van der Waals surface area contributed by atoms with Crippen molar-refractivity contribution in [1.82, 2.24) is 0 Å². The molecule has 0 bridgehead atoms. The largest absolute Gasteiger partial charge is 0.320 e. The molecule has 1 aliphatic rings. The molecule has 0 spiro atoms. The van der Waals surface area contributed by atoms with Crippen molar-refractivity contribution in [2.45, 2.75) is 12.8 Å². The first-order valence-electron chi connectivity index (χ1n) is 7.22. The van der Waals surface area contributed by atoms with E-state index in [-0.39, 0.29) is 11.5 Å². The van der Waals surface area contributed by atoms with E-state index in [4.69, 9.17) is 0 Å². The summed E-state index contributed by atoms with van der Waals surface area (Å²) in [6, 6.07) is 9.60. The normalized spacial score (nSPS) is 14.2. The van der Waals surface area contributed by atoms with Gasteiger partial charge in [0.05, 0.1) is 16.9 Å². The van der Waals surface area contributed by atoms with Crippen LogP contribution in [-0.2, 0) is 4.79 Å². The van der Waals surface area contributed by atoms with Crippen LogP contribution in [0.15, 0.2) is 42.5 Å².